The summed E-state index contributed by atoms with van der Waals surface area (Å²) in [4.78, 5) is 18.9. The number of nitrogens with one attached hydrogen (secondary N) is 1. The van der Waals surface area contributed by atoms with Gasteiger partial charge < -0.3 is 14.4 Å². The molecule has 0 bridgehead atoms. The third kappa shape index (κ3) is 5.63. The standard InChI is InChI=1S/C17H26BrN3O3/c1-17(2,3)24-16(22)20-12-9-13(11-18)19-15(10-12)21-7-5-14(23-4)6-8-21/h9-10,14H,5-8,11H2,1-4H3,(H,19,20,22). The number of nitrogens with zero attached hydrogens (tertiary/aromatic N) is 2. The Hall–Kier alpha value is -1.34. The lowest BCUT2D eigenvalue weighted by Crippen LogP contribution is -2.37. The number of rotatable bonds is 4. The summed E-state index contributed by atoms with van der Waals surface area (Å²) in [6.45, 7) is 7.31. The zero-order valence-electron chi connectivity index (χ0n) is 14.8. The van der Waals surface area contributed by atoms with E-state index in [1.165, 1.54) is 0 Å². The highest BCUT2D eigenvalue weighted by molar-refractivity contribution is 9.08. The van der Waals surface area contributed by atoms with E-state index in [9.17, 15) is 4.79 Å². The number of hydrogen-bond donors (Lipinski definition) is 1. The average molecular weight is 400 g/mol. The monoisotopic (exact) mass is 399 g/mol. The van der Waals surface area contributed by atoms with Gasteiger partial charge in [0.25, 0.3) is 0 Å². The van der Waals surface area contributed by atoms with E-state index in [0.29, 0.717) is 17.1 Å². The molecule has 24 heavy (non-hydrogen) atoms. The highest BCUT2D eigenvalue weighted by atomic mass is 79.9. The maximum atomic E-state index is 12.0. The van der Waals surface area contributed by atoms with Crippen LogP contribution < -0.4 is 10.2 Å². The zero-order valence-corrected chi connectivity index (χ0v) is 16.4. The topological polar surface area (TPSA) is 63.7 Å². The van der Waals surface area contributed by atoms with Crippen molar-refractivity contribution in [3.05, 3.63) is 17.8 Å². The molecule has 1 aromatic heterocycles. The fourth-order valence-corrected chi connectivity index (χ4v) is 2.90. The number of pyridine rings is 1. The number of anilines is 2. The van der Waals surface area contributed by atoms with Crippen molar-refractivity contribution < 1.29 is 14.3 Å². The Labute approximate surface area is 152 Å². The van der Waals surface area contributed by atoms with E-state index in [0.717, 1.165) is 37.4 Å². The minimum atomic E-state index is -0.528. The minimum absolute atomic E-state index is 0.319. The van der Waals surface area contributed by atoms with Gasteiger partial charge in [-0.15, -0.1) is 0 Å². The second kappa shape index (κ2) is 8.16. The van der Waals surface area contributed by atoms with Crippen LogP contribution in [0.25, 0.3) is 0 Å². The number of amides is 1. The SMILES string of the molecule is COC1CCN(c2cc(NC(=O)OC(C)(C)C)cc(CBr)n2)CC1. The molecular weight excluding hydrogens is 374 g/mol. The Bertz CT molecular complexity index is 567. The highest BCUT2D eigenvalue weighted by Crippen LogP contribution is 2.24. The Morgan fingerprint density at radius 2 is 2.04 bits per heavy atom. The molecule has 1 N–H and O–H groups in total. The van der Waals surface area contributed by atoms with Gasteiger partial charge in [-0.2, -0.15) is 0 Å². The van der Waals surface area contributed by atoms with E-state index in [-0.39, 0.29) is 0 Å². The smallest absolute Gasteiger partial charge is 0.412 e. The van der Waals surface area contributed by atoms with Crippen LogP contribution in [0.5, 0.6) is 0 Å². The van der Waals surface area contributed by atoms with Crippen LogP contribution in [0.4, 0.5) is 16.3 Å². The molecule has 1 saturated heterocycles. The summed E-state index contributed by atoms with van der Waals surface area (Å²) in [5.74, 6) is 0.868. The lowest BCUT2D eigenvalue weighted by molar-refractivity contribution is 0.0636. The Balaban J connectivity index is 2.11. The maximum Gasteiger partial charge on any atom is 0.412 e. The Morgan fingerprint density at radius 1 is 1.38 bits per heavy atom. The van der Waals surface area contributed by atoms with E-state index >= 15 is 0 Å². The van der Waals surface area contributed by atoms with Crippen molar-refractivity contribution in [2.45, 2.75) is 50.6 Å². The van der Waals surface area contributed by atoms with Gasteiger partial charge in [0, 0.05) is 37.3 Å². The summed E-state index contributed by atoms with van der Waals surface area (Å²) >= 11 is 3.44. The summed E-state index contributed by atoms with van der Waals surface area (Å²) in [5, 5.41) is 3.42. The number of alkyl halides is 1. The van der Waals surface area contributed by atoms with Gasteiger partial charge in [-0.25, -0.2) is 9.78 Å². The largest absolute Gasteiger partial charge is 0.444 e. The van der Waals surface area contributed by atoms with Crippen LogP contribution in [-0.2, 0) is 14.8 Å². The van der Waals surface area contributed by atoms with E-state index in [2.05, 4.69) is 31.1 Å². The second-order valence-corrected chi connectivity index (χ2v) is 7.45. The molecule has 1 amide bonds. The molecule has 0 aliphatic carbocycles. The van der Waals surface area contributed by atoms with Crippen molar-refractivity contribution in [1.29, 1.82) is 0 Å². The first-order chi connectivity index (χ1) is 11.3. The molecule has 1 fully saturated rings. The van der Waals surface area contributed by atoms with Crippen LogP contribution in [0.2, 0.25) is 0 Å². The number of halogens is 1. The summed E-state index contributed by atoms with van der Waals surface area (Å²) < 4.78 is 10.7. The van der Waals surface area contributed by atoms with Gasteiger partial charge in [0.1, 0.15) is 11.4 Å². The maximum absolute atomic E-state index is 12.0. The van der Waals surface area contributed by atoms with Gasteiger partial charge in [0.15, 0.2) is 0 Å². The summed E-state index contributed by atoms with van der Waals surface area (Å²) in [6.07, 6.45) is 1.81. The number of carbonyl (C=O) groups excluding carboxylic acids is 1. The third-order valence-electron chi connectivity index (χ3n) is 3.75. The van der Waals surface area contributed by atoms with Gasteiger partial charge >= 0.3 is 6.09 Å². The Morgan fingerprint density at radius 3 is 2.58 bits per heavy atom. The van der Waals surface area contributed by atoms with Crippen molar-refractivity contribution in [2.24, 2.45) is 0 Å². The number of aromatic nitrogens is 1. The number of ether oxygens (including phenoxy) is 2. The molecule has 2 heterocycles. The molecule has 1 aliphatic rings. The van der Waals surface area contributed by atoms with Crippen LogP contribution in [0, 0.1) is 0 Å². The first-order valence-electron chi connectivity index (χ1n) is 8.15. The fourth-order valence-electron chi connectivity index (χ4n) is 2.62. The molecule has 0 radical (unpaired) electrons. The van der Waals surface area contributed by atoms with Crippen molar-refractivity contribution in [1.82, 2.24) is 4.98 Å². The van der Waals surface area contributed by atoms with Crippen LogP contribution in [0.15, 0.2) is 12.1 Å². The summed E-state index contributed by atoms with van der Waals surface area (Å²) in [5.41, 5.74) is 1.03. The van der Waals surface area contributed by atoms with Gasteiger partial charge in [-0.3, -0.25) is 5.32 Å². The average Bonchev–Trinajstić information content (AvgIpc) is 2.52. The first-order valence-corrected chi connectivity index (χ1v) is 9.27. The molecule has 6 nitrogen and oxygen atoms in total. The van der Waals surface area contributed by atoms with Crippen LogP contribution in [0.1, 0.15) is 39.3 Å². The predicted molar refractivity (Wildman–Crippen MR) is 99.0 cm³/mol. The second-order valence-electron chi connectivity index (χ2n) is 6.89. The number of piperidine rings is 1. The summed E-state index contributed by atoms with van der Waals surface area (Å²) in [6, 6.07) is 3.74. The lowest BCUT2D eigenvalue weighted by Gasteiger charge is -2.32. The van der Waals surface area contributed by atoms with Crippen molar-refractivity contribution in [2.75, 3.05) is 30.4 Å². The number of hydrogen-bond acceptors (Lipinski definition) is 5. The van der Waals surface area contributed by atoms with E-state index in [4.69, 9.17) is 9.47 Å². The zero-order chi connectivity index (χ0) is 17.7. The minimum Gasteiger partial charge on any atom is -0.444 e. The molecule has 1 aliphatic heterocycles. The van der Waals surface area contributed by atoms with Crippen LogP contribution in [0.3, 0.4) is 0 Å². The Kier molecular flexibility index (Phi) is 6.46. The fraction of sp³-hybridized carbons (Fsp3) is 0.647. The van der Waals surface area contributed by atoms with Crippen LogP contribution >= 0.6 is 15.9 Å². The highest BCUT2D eigenvalue weighted by Gasteiger charge is 2.21. The number of methoxy groups -OCH3 is 1. The molecule has 2 rings (SSSR count). The van der Waals surface area contributed by atoms with Gasteiger partial charge in [-0.1, -0.05) is 15.9 Å². The summed E-state index contributed by atoms with van der Waals surface area (Å²) in [7, 11) is 1.76. The molecule has 0 saturated carbocycles. The normalized spacial score (nSPS) is 16.1. The molecular formula is C17H26BrN3O3. The van der Waals surface area contributed by atoms with E-state index < -0.39 is 11.7 Å². The molecule has 0 unspecified atom stereocenters. The van der Waals surface area contributed by atoms with Crippen LogP contribution in [-0.4, -0.2) is 43.0 Å². The van der Waals surface area contributed by atoms with Gasteiger partial charge in [0.2, 0.25) is 0 Å². The molecule has 0 aromatic carbocycles. The van der Waals surface area contributed by atoms with E-state index in [1.807, 2.05) is 32.9 Å². The number of carbonyl (C=O) groups is 1. The van der Waals surface area contributed by atoms with Gasteiger partial charge in [-0.05, 0) is 39.7 Å². The lowest BCUT2D eigenvalue weighted by atomic mass is 10.1. The van der Waals surface area contributed by atoms with Crippen molar-refractivity contribution in [3.8, 4) is 0 Å². The van der Waals surface area contributed by atoms with Crippen molar-refractivity contribution in [3.63, 3.8) is 0 Å². The third-order valence-corrected chi connectivity index (χ3v) is 4.32. The molecule has 0 spiro atoms. The molecule has 0 atom stereocenters. The van der Waals surface area contributed by atoms with Gasteiger partial charge in [0.05, 0.1) is 11.8 Å². The molecule has 7 heteroatoms. The first kappa shape index (κ1) is 19.0. The quantitative estimate of drug-likeness (QED) is 0.776. The molecule has 134 valence electrons. The van der Waals surface area contributed by atoms with Crippen molar-refractivity contribution >= 4 is 33.5 Å². The molecule has 1 aromatic rings. The predicted octanol–water partition coefficient (Wildman–Crippen LogP) is 3.94. The van der Waals surface area contributed by atoms with E-state index in [1.54, 1.807) is 7.11 Å².